The molecule has 0 unspecified atom stereocenters. The van der Waals surface area contributed by atoms with Crippen LogP contribution >= 0.6 is 15.9 Å². The summed E-state index contributed by atoms with van der Waals surface area (Å²) in [6.07, 6.45) is 0.340. The number of ketones is 1. The lowest BCUT2D eigenvalue weighted by atomic mass is 10.1. The number of benzene rings is 1. The van der Waals surface area contributed by atoms with Crippen molar-refractivity contribution in [3.05, 3.63) is 46.4 Å². The average molecular weight is 273 g/mol. The highest BCUT2D eigenvalue weighted by atomic mass is 79.9. The van der Waals surface area contributed by atoms with Gasteiger partial charge in [-0.15, -0.1) is 0 Å². The fourth-order valence-corrected chi connectivity index (χ4v) is 1.32. The molecule has 80 valence electrons. The van der Waals surface area contributed by atoms with Gasteiger partial charge in [-0.05, 0) is 28.1 Å². The number of hydrogen-bond acceptors (Lipinski definition) is 2. The number of carbonyl (C=O) groups is 1. The van der Waals surface area contributed by atoms with Crippen LogP contribution in [0, 0.1) is 5.82 Å². The van der Waals surface area contributed by atoms with Crippen LogP contribution in [-0.2, 0) is 0 Å². The molecule has 0 aliphatic heterocycles. The minimum Gasteiger partial charge on any atom is -0.513 e. The largest absolute Gasteiger partial charge is 0.513 e. The molecule has 0 amide bonds. The third-order valence-electron chi connectivity index (χ3n) is 1.88. The predicted molar refractivity (Wildman–Crippen MR) is 59.4 cm³/mol. The lowest BCUT2D eigenvalue weighted by Gasteiger charge is -2.01. The first kappa shape index (κ1) is 11.9. The number of aliphatic hydroxyl groups is 1. The first-order chi connectivity index (χ1) is 7.00. The molecule has 0 aliphatic rings. The summed E-state index contributed by atoms with van der Waals surface area (Å²) in [5, 5.41) is 8.82. The van der Waals surface area contributed by atoms with Crippen LogP contribution in [0.1, 0.15) is 23.2 Å². The summed E-state index contributed by atoms with van der Waals surface area (Å²) in [6, 6.07) is 4.19. The molecule has 1 rings (SSSR count). The van der Waals surface area contributed by atoms with Crippen molar-refractivity contribution >= 4 is 21.7 Å². The van der Waals surface area contributed by atoms with Gasteiger partial charge in [0.1, 0.15) is 5.82 Å². The third kappa shape index (κ3) is 3.47. The topological polar surface area (TPSA) is 37.3 Å². The first-order valence-corrected chi connectivity index (χ1v) is 5.15. The van der Waals surface area contributed by atoms with E-state index >= 15 is 0 Å². The smallest absolute Gasteiger partial charge is 0.163 e. The van der Waals surface area contributed by atoms with Crippen molar-refractivity contribution in [2.24, 2.45) is 0 Å². The molecular formula is C11H10BrFO2. The van der Waals surface area contributed by atoms with E-state index in [1.54, 1.807) is 0 Å². The molecule has 0 spiro atoms. The second-order valence-electron chi connectivity index (χ2n) is 3.12. The maximum absolute atomic E-state index is 13.1. The molecule has 0 atom stereocenters. The van der Waals surface area contributed by atoms with Gasteiger partial charge in [-0.3, -0.25) is 4.79 Å². The number of carbonyl (C=O) groups excluding carboxylic acids is 1. The van der Waals surface area contributed by atoms with Crippen molar-refractivity contribution in [1.29, 1.82) is 0 Å². The normalized spacial score (nSPS) is 10.0. The third-order valence-corrected chi connectivity index (χ3v) is 2.53. The number of hydrogen-bond donors (Lipinski definition) is 1. The molecule has 0 fully saturated rings. The van der Waals surface area contributed by atoms with Crippen LogP contribution < -0.4 is 0 Å². The van der Waals surface area contributed by atoms with Crippen LogP contribution in [0.25, 0.3) is 0 Å². The van der Waals surface area contributed by atoms with E-state index in [2.05, 4.69) is 22.5 Å². The summed E-state index contributed by atoms with van der Waals surface area (Å²) < 4.78 is 13.4. The lowest BCUT2D eigenvalue weighted by molar-refractivity contribution is 0.0978. The molecule has 0 heterocycles. The van der Waals surface area contributed by atoms with Crippen molar-refractivity contribution in [3.63, 3.8) is 0 Å². The average Bonchev–Trinajstić information content (AvgIpc) is 2.18. The van der Waals surface area contributed by atoms with Gasteiger partial charge < -0.3 is 5.11 Å². The van der Waals surface area contributed by atoms with Gasteiger partial charge in [-0.25, -0.2) is 4.39 Å². The van der Waals surface area contributed by atoms with Gasteiger partial charge in [0.15, 0.2) is 5.78 Å². The molecule has 15 heavy (non-hydrogen) atoms. The number of allylic oxidation sites excluding steroid dienone is 1. The Balaban J connectivity index is 2.74. The van der Waals surface area contributed by atoms with E-state index in [1.807, 2.05) is 0 Å². The van der Waals surface area contributed by atoms with E-state index in [0.717, 1.165) is 0 Å². The molecular weight excluding hydrogens is 263 g/mol. The predicted octanol–water partition coefficient (Wildman–Crippen LogP) is 3.62. The number of halogens is 2. The lowest BCUT2D eigenvalue weighted by Crippen LogP contribution is -2.00. The Morgan fingerprint density at radius 1 is 1.47 bits per heavy atom. The zero-order valence-corrected chi connectivity index (χ0v) is 9.55. The van der Waals surface area contributed by atoms with Gasteiger partial charge in [-0.1, -0.05) is 12.6 Å². The molecule has 1 aromatic rings. The fraction of sp³-hybridized carbons (Fsp3) is 0.182. The highest BCUT2D eigenvalue weighted by molar-refractivity contribution is 9.10. The molecule has 0 saturated carbocycles. The van der Waals surface area contributed by atoms with Crippen LogP contribution in [0.4, 0.5) is 4.39 Å². The number of Topliss-reactive ketones (excluding diaryl/α,β-unsaturated/α-hetero) is 1. The van der Waals surface area contributed by atoms with Crippen molar-refractivity contribution < 1.29 is 14.3 Å². The van der Waals surface area contributed by atoms with E-state index in [9.17, 15) is 9.18 Å². The second kappa shape index (κ2) is 5.07. The van der Waals surface area contributed by atoms with E-state index in [-0.39, 0.29) is 24.4 Å². The molecule has 4 heteroatoms. The Morgan fingerprint density at radius 3 is 2.67 bits per heavy atom. The minimum absolute atomic E-state index is 0.0408. The molecule has 0 bridgehead atoms. The summed E-state index contributed by atoms with van der Waals surface area (Å²) in [4.78, 5) is 11.5. The summed E-state index contributed by atoms with van der Waals surface area (Å²) >= 11 is 3.00. The van der Waals surface area contributed by atoms with Crippen LogP contribution in [0.5, 0.6) is 0 Å². The summed E-state index contributed by atoms with van der Waals surface area (Å²) in [7, 11) is 0. The zero-order chi connectivity index (χ0) is 11.4. The van der Waals surface area contributed by atoms with E-state index in [0.29, 0.717) is 10.0 Å². The van der Waals surface area contributed by atoms with E-state index < -0.39 is 5.82 Å². The Bertz CT molecular complexity index is 402. The quantitative estimate of drug-likeness (QED) is 0.672. The molecule has 2 nitrogen and oxygen atoms in total. The van der Waals surface area contributed by atoms with Gasteiger partial charge in [-0.2, -0.15) is 0 Å². The summed E-state index contributed by atoms with van der Waals surface area (Å²) in [5.74, 6) is -0.721. The Hall–Kier alpha value is -1.16. The highest BCUT2D eigenvalue weighted by Crippen LogP contribution is 2.17. The highest BCUT2D eigenvalue weighted by Gasteiger charge is 2.08. The molecule has 0 saturated heterocycles. The van der Waals surface area contributed by atoms with Gasteiger partial charge in [0.25, 0.3) is 0 Å². The SMILES string of the molecule is C=C(O)CCC(=O)c1ccc(Br)c(F)c1. The second-order valence-corrected chi connectivity index (χ2v) is 3.97. The van der Waals surface area contributed by atoms with Gasteiger partial charge in [0, 0.05) is 18.4 Å². The van der Waals surface area contributed by atoms with E-state index in [1.165, 1.54) is 18.2 Å². The van der Waals surface area contributed by atoms with Crippen LogP contribution in [0.15, 0.2) is 35.0 Å². The Kier molecular flexibility index (Phi) is 4.03. The number of aliphatic hydroxyl groups excluding tert-OH is 1. The molecule has 1 N–H and O–H groups in total. The maximum atomic E-state index is 13.1. The van der Waals surface area contributed by atoms with Crippen molar-refractivity contribution in [3.8, 4) is 0 Å². The Morgan fingerprint density at radius 2 is 2.13 bits per heavy atom. The van der Waals surface area contributed by atoms with Crippen molar-refractivity contribution in [2.45, 2.75) is 12.8 Å². The summed E-state index contributed by atoms with van der Waals surface area (Å²) in [5.41, 5.74) is 0.303. The monoisotopic (exact) mass is 272 g/mol. The van der Waals surface area contributed by atoms with Gasteiger partial charge in [0.05, 0.1) is 10.2 Å². The molecule has 1 aromatic carbocycles. The van der Waals surface area contributed by atoms with Crippen LogP contribution in [0.2, 0.25) is 0 Å². The first-order valence-electron chi connectivity index (χ1n) is 4.35. The molecule has 0 radical (unpaired) electrons. The fourth-order valence-electron chi connectivity index (χ4n) is 1.07. The van der Waals surface area contributed by atoms with E-state index in [4.69, 9.17) is 5.11 Å². The van der Waals surface area contributed by atoms with Crippen LogP contribution in [0.3, 0.4) is 0 Å². The standard InChI is InChI=1S/C11H10BrFO2/c1-7(14)2-5-11(15)8-3-4-9(12)10(13)6-8/h3-4,6,14H,1-2,5H2. The zero-order valence-electron chi connectivity index (χ0n) is 7.96. The van der Waals surface area contributed by atoms with Crippen LogP contribution in [-0.4, -0.2) is 10.9 Å². The van der Waals surface area contributed by atoms with Crippen molar-refractivity contribution in [1.82, 2.24) is 0 Å². The Labute approximate surface area is 95.6 Å². The van der Waals surface area contributed by atoms with Gasteiger partial charge in [0.2, 0.25) is 0 Å². The minimum atomic E-state index is -0.469. The maximum Gasteiger partial charge on any atom is 0.163 e. The summed E-state index contributed by atoms with van der Waals surface area (Å²) in [6.45, 7) is 3.27. The van der Waals surface area contributed by atoms with Gasteiger partial charge >= 0.3 is 0 Å². The molecule has 0 aliphatic carbocycles. The number of rotatable bonds is 4. The molecule has 0 aromatic heterocycles. The van der Waals surface area contributed by atoms with Crippen molar-refractivity contribution in [2.75, 3.05) is 0 Å².